The Morgan fingerprint density at radius 1 is 1.50 bits per heavy atom. The molecule has 0 aromatic carbocycles. The van der Waals surface area contributed by atoms with Gasteiger partial charge in [0.25, 0.3) is 0 Å². The van der Waals surface area contributed by atoms with Crippen molar-refractivity contribution < 1.29 is 8.42 Å². The minimum atomic E-state index is -3.05. The van der Waals surface area contributed by atoms with Gasteiger partial charge in [-0.15, -0.1) is 0 Å². The van der Waals surface area contributed by atoms with Gasteiger partial charge in [0.2, 0.25) is 0 Å². The number of sulfone groups is 1. The summed E-state index contributed by atoms with van der Waals surface area (Å²) in [5, 5.41) is 11.5. The highest BCUT2D eigenvalue weighted by Crippen LogP contribution is 2.13. The van der Waals surface area contributed by atoms with Crippen LogP contribution in [-0.4, -0.2) is 32.5 Å². The van der Waals surface area contributed by atoms with Gasteiger partial charge in [0.05, 0.1) is 16.7 Å². The lowest BCUT2D eigenvalue weighted by Crippen LogP contribution is -2.42. The third-order valence-corrected chi connectivity index (χ3v) is 4.38. The average Bonchev–Trinajstić information content (AvgIpc) is 2.01. The Bertz CT molecular complexity index is 314. The number of nitrogens with one attached hydrogen (secondary N) is 1. The molecule has 0 amide bonds. The van der Waals surface area contributed by atoms with E-state index < -0.39 is 14.6 Å². The van der Waals surface area contributed by atoms with Gasteiger partial charge in [0.15, 0.2) is 9.84 Å². The van der Waals surface area contributed by atoms with Crippen molar-refractivity contribution in [1.82, 2.24) is 5.32 Å². The first kappa shape index (κ1) is 13.4. The van der Waals surface area contributed by atoms with Crippen LogP contribution in [0, 0.1) is 17.2 Å². The van der Waals surface area contributed by atoms with Gasteiger partial charge in [-0.2, -0.15) is 5.26 Å². The smallest absolute Gasteiger partial charge is 0.153 e. The van der Waals surface area contributed by atoms with Gasteiger partial charge < -0.3 is 5.32 Å². The maximum atomic E-state index is 11.3. The summed E-state index contributed by atoms with van der Waals surface area (Å²) in [5.41, 5.74) is 0. The molecule has 0 aliphatic heterocycles. The van der Waals surface area contributed by atoms with E-state index in [4.69, 9.17) is 5.26 Å². The maximum Gasteiger partial charge on any atom is 0.153 e. The summed E-state index contributed by atoms with van der Waals surface area (Å²) in [4.78, 5) is 0. The van der Waals surface area contributed by atoms with E-state index in [2.05, 4.69) is 11.4 Å². The Balaban J connectivity index is 4.10. The third-order valence-electron chi connectivity index (χ3n) is 2.23. The molecule has 0 saturated heterocycles. The quantitative estimate of drug-likeness (QED) is 0.732. The summed E-state index contributed by atoms with van der Waals surface area (Å²) in [6, 6.07) is 2.08. The topological polar surface area (TPSA) is 70.0 Å². The van der Waals surface area contributed by atoms with Crippen LogP contribution in [-0.2, 0) is 9.84 Å². The normalized spacial score (nSPS) is 14.8. The minimum absolute atomic E-state index is 0.0923. The molecule has 0 bridgehead atoms. The lowest BCUT2D eigenvalue weighted by molar-refractivity contribution is 0.506. The van der Waals surface area contributed by atoms with Crippen molar-refractivity contribution in [3.05, 3.63) is 0 Å². The van der Waals surface area contributed by atoms with E-state index in [1.165, 1.54) is 6.26 Å². The monoisotopic (exact) mass is 218 g/mol. The standard InChI is InChI=1S/C9H18N2O2S/c1-8(5-10)6-11-7-9(2,3)14(4,12)13/h8,11H,6-7H2,1-4H3. The summed E-state index contributed by atoms with van der Waals surface area (Å²) in [7, 11) is -3.05. The minimum Gasteiger partial charge on any atom is -0.314 e. The summed E-state index contributed by atoms with van der Waals surface area (Å²) >= 11 is 0. The van der Waals surface area contributed by atoms with Gasteiger partial charge in [0, 0.05) is 19.3 Å². The Hall–Kier alpha value is -0.600. The van der Waals surface area contributed by atoms with Gasteiger partial charge in [-0.3, -0.25) is 0 Å². The largest absolute Gasteiger partial charge is 0.314 e. The zero-order valence-corrected chi connectivity index (χ0v) is 9.98. The molecule has 0 rings (SSSR count). The van der Waals surface area contributed by atoms with Gasteiger partial charge in [0.1, 0.15) is 0 Å². The van der Waals surface area contributed by atoms with Crippen LogP contribution in [0.2, 0.25) is 0 Å². The molecular formula is C9H18N2O2S. The molecule has 5 heteroatoms. The fourth-order valence-electron chi connectivity index (χ4n) is 0.766. The van der Waals surface area contributed by atoms with Crippen molar-refractivity contribution >= 4 is 9.84 Å². The Morgan fingerprint density at radius 3 is 2.36 bits per heavy atom. The summed E-state index contributed by atoms with van der Waals surface area (Å²) in [5.74, 6) is -0.0923. The van der Waals surface area contributed by atoms with E-state index in [-0.39, 0.29) is 5.92 Å². The second kappa shape index (κ2) is 4.76. The van der Waals surface area contributed by atoms with Crippen molar-refractivity contribution in [2.24, 2.45) is 5.92 Å². The van der Waals surface area contributed by atoms with Gasteiger partial charge in [-0.05, 0) is 20.8 Å². The molecule has 0 fully saturated rings. The molecule has 0 heterocycles. The average molecular weight is 218 g/mol. The van der Waals surface area contributed by atoms with Crippen LogP contribution in [0.1, 0.15) is 20.8 Å². The summed E-state index contributed by atoms with van der Waals surface area (Å²) in [6.45, 7) is 6.03. The zero-order valence-electron chi connectivity index (χ0n) is 9.16. The van der Waals surface area contributed by atoms with Crippen molar-refractivity contribution in [3.8, 4) is 6.07 Å². The molecule has 0 aliphatic carbocycles. The molecule has 0 aromatic rings. The second-order valence-corrected chi connectivity index (χ2v) is 6.84. The van der Waals surface area contributed by atoms with E-state index in [1.807, 2.05) is 0 Å². The van der Waals surface area contributed by atoms with E-state index >= 15 is 0 Å². The van der Waals surface area contributed by atoms with Crippen molar-refractivity contribution in [1.29, 1.82) is 5.26 Å². The van der Waals surface area contributed by atoms with Crippen LogP contribution in [0.25, 0.3) is 0 Å². The zero-order chi connectivity index (χ0) is 11.4. The maximum absolute atomic E-state index is 11.3. The van der Waals surface area contributed by atoms with Crippen molar-refractivity contribution in [2.45, 2.75) is 25.5 Å². The molecule has 14 heavy (non-hydrogen) atoms. The van der Waals surface area contributed by atoms with Crippen molar-refractivity contribution in [3.63, 3.8) is 0 Å². The number of rotatable bonds is 5. The van der Waals surface area contributed by atoms with Gasteiger partial charge in [-0.1, -0.05) is 0 Å². The van der Waals surface area contributed by atoms with Crippen LogP contribution in [0.5, 0.6) is 0 Å². The molecular weight excluding hydrogens is 200 g/mol. The Kier molecular flexibility index (Phi) is 4.56. The second-order valence-electron chi connectivity index (χ2n) is 4.19. The lowest BCUT2D eigenvalue weighted by Gasteiger charge is -2.23. The first-order valence-corrected chi connectivity index (χ1v) is 6.40. The highest BCUT2D eigenvalue weighted by molar-refractivity contribution is 7.92. The van der Waals surface area contributed by atoms with Crippen LogP contribution in [0.3, 0.4) is 0 Å². The molecule has 1 unspecified atom stereocenters. The molecule has 0 spiro atoms. The third kappa shape index (κ3) is 4.07. The van der Waals surface area contributed by atoms with Crippen LogP contribution in [0.15, 0.2) is 0 Å². The van der Waals surface area contributed by atoms with Gasteiger partial charge >= 0.3 is 0 Å². The van der Waals surface area contributed by atoms with E-state index in [0.717, 1.165) is 0 Å². The van der Waals surface area contributed by atoms with Crippen LogP contribution < -0.4 is 5.32 Å². The van der Waals surface area contributed by atoms with Gasteiger partial charge in [-0.25, -0.2) is 8.42 Å². The number of nitriles is 1. The number of nitrogens with zero attached hydrogens (tertiary/aromatic N) is 1. The Morgan fingerprint density at radius 2 is 2.00 bits per heavy atom. The lowest BCUT2D eigenvalue weighted by atomic mass is 10.2. The fraction of sp³-hybridized carbons (Fsp3) is 0.889. The van der Waals surface area contributed by atoms with E-state index in [0.29, 0.717) is 13.1 Å². The van der Waals surface area contributed by atoms with E-state index in [1.54, 1.807) is 20.8 Å². The first-order chi connectivity index (χ1) is 6.20. The number of hydrogen-bond acceptors (Lipinski definition) is 4. The predicted molar refractivity (Wildman–Crippen MR) is 56.6 cm³/mol. The molecule has 1 atom stereocenters. The molecule has 0 aromatic heterocycles. The predicted octanol–water partition coefficient (Wildman–Crippen LogP) is 0.559. The highest BCUT2D eigenvalue weighted by Gasteiger charge is 2.29. The fourth-order valence-corrected chi connectivity index (χ4v) is 1.13. The molecule has 4 nitrogen and oxygen atoms in total. The summed E-state index contributed by atoms with van der Waals surface area (Å²) < 4.78 is 21.8. The molecule has 1 N–H and O–H groups in total. The molecule has 0 aliphatic rings. The molecule has 0 radical (unpaired) electrons. The summed E-state index contributed by atoms with van der Waals surface area (Å²) in [6.07, 6.45) is 1.22. The van der Waals surface area contributed by atoms with E-state index in [9.17, 15) is 8.42 Å². The van der Waals surface area contributed by atoms with Crippen molar-refractivity contribution in [2.75, 3.05) is 19.3 Å². The van der Waals surface area contributed by atoms with Crippen LogP contribution >= 0.6 is 0 Å². The first-order valence-electron chi connectivity index (χ1n) is 4.50. The Labute approximate surface area is 86.2 Å². The number of hydrogen-bond donors (Lipinski definition) is 1. The SMILES string of the molecule is CC(C#N)CNCC(C)(C)S(C)(=O)=O. The highest BCUT2D eigenvalue weighted by atomic mass is 32.2. The molecule has 82 valence electrons. The van der Waals surface area contributed by atoms with Crippen LogP contribution in [0.4, 0.5) is 0 Å². The molecule has 0 saturated carbocycles.